The Morgan fingerprint density at radius 1 is 1.12 bits per heavy atom. The first kappa shape index (κ1) is 18.6. The van der Waals surface area contributed by atoms with Crippen molar-refractivity contribution in [2.24, 2.45) is 0 Å². The highest BCUT2D eigenvalue weighted by atomic mass is 19.4. The Balaban J connectivity index is 1.98. The maximum Gasteiger partial charge on any atom is 0.416 e. The maximum absolute atomic E-state index is 12.7. The number of carbonyl (C=O) groups is 1. The Hall–Kier alpha value is -2.70. The zero-order chi connectivity index (χ0) is 18.4. The fourth-order valence-corrected chi connectivity index (χ4v) is 2.12. The van der Waals surface area contributed by atoms with E-state index in [0.29, 0.717) is 11.4 Å². The lowest BCUT2D eigenvalue weighted by atomic mass is 10.2. The Labute approximate surface area is 144 Å². The third kappa shape index (κ3) is 5.70. The van der Waals surface area contributed by atoms with Crippen LogP contribution >= 0.6 is 0 Å². The summed E-state index contributed by atoms with van der Waals surface area (Å²) in [5.41, 5.74) is -0.0855. The van der Waals surface area contributed by atoms with Crippen molar-refractivity contribution in [3.63, 3.8) is 0 Å². The number of hydrogen-bond donors (Lipinski definition) is 2. The quantitative estimate of drug-likeness (QED) is 0.802. The van der Waals surface area contributed by atoms with Crippen LogP contribution in [0.15, 0.2) is 48.5 Å². The molecule has 0 atom stereocenters. The summed E-state index contributed by atoms with van der Waals surface area (Å²) >= 11 is 0. The third-order valence-electron chi connectivity index (χ3n) is 3.16. The van der Waals surface area contributed by atoms with Crippen LogP contribution in [0.2, 0.25) is 0 Å². The van der Waals surface area contributed by atoms with E-state index in [1.54, 1.807) is 18.2 Å². The van der Waals surface area contributed by atoms with E-state index in [4.69, 9.17) is 4.74 Å². The second-order valence-electron chi connectivity index (χ2n) is 5.64. The van der Waals surface area contributed by atoms with Crippen molar-refractivity contribution in [2.75, 3.05) is 17.2 Å². The maximum atomic E-state index is 12.7. The van der Waals surface area contributed by atoms with Crippen LogP contribution in [-0.4, -0.2) is 18.6 Å². The Morgan fingerprint density at radius 3 is 2.52 bits per heavy atom. The normalized spacial score (nSPS) is 11.3. The predicted octanol–water partition coefficient (Wildman–Crippen LogP) is 4.54. The van der Waals surface area contributed by atoms with Gasteiger partial charge in [-0.25, -0.2) is 0 Å². The number of alkyl halides is 3. The van der Waals surface area contributed by atoms with Gasteiger partial charge >= 0.3 is 6.18 Å². The first-order valence-corrected chi connectivity index (χ1v) is 7.72. The number of rotatable bonds is 6. The van der Waals surface area contributed by atoms with Crippen LogP contribution in [0.25, 0.3) is 0 Å². The minimum atomic E-state index is -4.45. The molecule has 2 rings (SSSR count). The van der Waals surface area contributed by atoms with E-state index in [1.165, 1.54) is 12.1 Å². The van der Waals surface area contributed by atoms with Crippen LogP contribution in [0, 0.1) is 0 Å². The van der Waals surface area contributed by atoms with E-state index in [9.17, 15) is 18.0 Å². The molecule has 2 aromatic carbocycles. The minimum absolute atomic E-state index is 0.0260. The number of nitrogens with one attached hydrogen (secondary N) is 2. The zero-order valence-corrected chi connectivity index (χ0v) is 13.9. The first-order chi connectivity index (χ1) is 11.8. The molecule has 0 saturated carbocycles. The van der Waals surface area contributed by atoms with Gasteiger partial charge < -0.3 is 15.4 Å². The van der Waals surface area contributed by atoms with Crippen molar-refractivity contribution in [2.45, 2.75) is 26.1 Å². The van der Waals surface area contributed by atoms with Crippen LogP contribution in [0.5, 0.6) is 5.75 Å². The van der Waals surface area contributed by atoms with E-state index in [0.717, 1.165) is 12.1 Å². The number of para-hydroxylation sites is 2. The molecule has 134 valence electrons. The summed E-state index contributed by atoms with van der Waals surface area (Å²) in [6, 6.07) is 11.6. The molecular weight excluding hydrogens is 333 g/mol. The van der Waals surface area contributed by atoms with Gasteiger partial charge in [-0.3, -0.25) is 4.79 Å². The average molecular weight is 352 g/mol. The van der Waals surface area contributed by atoms with E-state index in [-0.39, 0.29) is 18.3 Å². The van der Waals surface area contributed by atoms with Crippen LogP contribution in [0.3, 0.4) is 0 Å². The van der Waals surface area contributed by atoms with Crippen molar-refractivity contribution < 1.29 is 22.7 Å². The lowest BCUT2D eigenvalue weighted by molar-refractivity contribution is -0.137. The second-order valence-corrected chi connectivity index (χ2v) is 5.64. The molecule has 0 aliphatic carbocycles. The monoisotopic (exact) mass is 352 g/mol. The number of halogens is 3. The third-order valence-corrected chi connectivity index (χ3v) is 3.16. The van der Waals surface area contributed by atoms with Gasteiger partial charge in [-0.1, -0.05) is 18.2 Å². The van der Waals surface area contributed by atoms with Gasteiger partial charge in [0, 0.05) is 5.69 Å². The smallest absolute Gasteiger partial charge is 0.416 e. The van der Waals surface area contributed by atoms with Gasteiger partial charge in [0.15, 0.2) is 0 Å². The van der Waals surface area contributed by atoms with Gasteiger partial charge in [0.2, 0.25) is 5.91 Å². The van der Waals surface area contributed by atoms with Gasteiger partial charge in [-0.15, -0.1) is 0 Å². The van der Waals surface area contributed by atoms with Crippen LogP contribution < -0.4 is 15.4 Å². The molecule has 2 aromatic rings. The zero-order valence-electron chi connectivity index (χ0n) is 13.9. The predicted molar refractivity (Wildman–Crippen MR) is 90.8 cm³/mol. The lowest BCUT2D eigenvalue weighted by Gasteiger charge is -2.15. The Kier molecular flexibility index (Phi) is 5.90. The molecule has 0 unspecified atom stereocenters. The molecular formula is C18H19F3N2O2. The highest BCUT2D eigenvalue weighted by molar-refractivity contribution is 5.94. The molecule has 7 heteroatoms. The average Bonchev–Trinajstić information content (AvgIpc) is 2.53. The Morgan fingerprint density at radius 2 is 1.84 bits per heavy atom. The van der Waals surface area contributed by atoms with E-state index < -0.39 is 17.6 Å². The van der Waals surface area contributed by atoms with Crippen LogP contribution in [-0.2, 0) is 11.0 Å². The summed E-state index contributed by atoms with van der Waals surface area (Å²) in [5.74, 6) is 0.142. The molecule has 0 radical (unpaired) electrons. The molecule has 0 spiro atoms. The van der Waals surface area contributed by atoms with Crippen molar-refractivity contribution in [1.82, 2.24) is 0 Å². The number of hydrogen-bond acceptors (Lipinski definition) is 3. The summed E-state index contributed by atoms with van der Waals surface area (Å²) in [7, 11) is 0. The number of anilines is 2. The molecule has 0 fully saturated rings. The molecule has 0 aromatic heterocycles. The summed E-state index contributed by atoms with van der Waals surface area (Å²) in [5, 5.41) is 5.37. The summed E-state index contributed by atoms with van der Waals surface area (Å²) in [6.07, 6.45) is -4.48. The molecule has 0 bridgehead atoms. The second kappa shape index (κ2) is 7.92. The fourth-order valence-electron chi connectivity index (χ4n) is 2.12. The highest BCUT2D eigenvalue weighted by Crippen LogP contribution is 2.30. The lowest BCUT2D eigenvalue weighted by Crippen LogP contribution is -2.22. The van der Waals surface area contributed by atoms with E-state index in [1.807, 2.05) is 19.9 Å². The topological polar surface area (TPSA) is 50.4 Å². The molecule has 0 aliphatic heterocycles. The SMILES string of the molecule is CC(C)Oc1ccccc1NCC(=O)Nc1cccc(C(F)(F)F)c1. The summed E-state index contributed by atoms with van der Waals surface area (Å²) in [6.45, 7) is 3.67. The summed E-state index contributed by atoms with van der Waals surface area (Å²) < 4.78 is 43.7. The standard InChI is InChI=1S/C18H19F3N2O2/c1-12(2)25-16-9-4-3-8-15(16)22-11-17(24)23-14-7-5-6-13(10-14)18(19,20)21/h3-10,12,22H,11H2,1-2H3,(H,23,24). The van der Waals surface area contributed by atoms with Gasteiger partial charge in [-0.2, -0.15) is 13.2 Å². The minimum Gasteiger partial charge on any atom is -0.489 e. The molecule has 0 heterocycles. The van der Waals surface area contributed by atoms with Crippen molar-refractivity contribution in [3.05, 3.63) is 54.1 Å². The molecule has 1 amide bonds. The van der Waals surface area contributed by atoms with Crippen LogP contribution in [0.1, 0.15) is 19.4 Å². The van der Waals surface area contributed by atoms with Crippen molar-refractivity contribution >= 4 is 17.3 Å². The van der Waals surface area contributed by atoms with Gasteiger partial charge in [-0.05, 0) is 44.2 Å². The molecule has 25 heavy (non-hydrogen) atoms. The number of carbonyl (C=O) groups excluding carboxylic acids is 1. The largest absolute Gasteiger partial charge is 0.489 e. The fraction of sp³-hybridized carbons (Fsp3) is 0.278. The Bertz CT molecular complexity index is 730. The summed E-state index contributed by atoms with van der Waals surface area (Å²) in [4.78, 5) is 12.0. The molecule has 0 saturated heterocycles. The molecule has 2 N–H and O–H groups in total. The van der Waals surface area contributed by atoms with E-state index >= 15 is 0 Å². The number of benzene rings is 2. The van der Waals surface area contributed by atoms with Gasteiger partial charge in [0.1, 0.15) is 5.75 Å². The first-order valence-electron chi connectivity index (χ1n) is 7.72. The number of ether oxygens (including phenoxy) is 1. The van der Waals surface area contributed by atoms with Crippen molar-refractivity contribution in [1.29, 1.82) is 0 Å². The highest BCUT2D eigenvalue weighted by Gasteiger charge is 2.30. The molecule has 4 nitrogen and oxygen atoms in total. The van der Waals surface area contributed by atoms with E-state index in [2.05, 4.69) is 10.6 Å². The van der Waals surface area contributed by atoms with Gasteiger partial charge in [0.25, 0.3) is 0 Å². The molecule has 0 aliphatic rings. The van der Waals surface area contributed by atoms with Crippen molar-refractivity contribution in [3.8, 4) is 5.75 Å². The number of amides is 1. The van der Waals surface area contributed by atoms with Gasteiger partial charge in [0.05, 0.1) is 23.9 Å². The van der Waals surface area contributed by atoms with Crippen LogP contribution in [0.4, 0.5) is 24.5 Å².